The number of fused-ring (bicyclic) bond motifs is 1. The van der Waals surface area contributed by atoms with Crippen molar-refractivity contribution in [2.75, 3.05) is 31.6 Å². The molecule has 100 valence electrons. The van der Waals surface area contributed by atoms with Crippen LogP contribution in [-0.4, -0.2) is 32.0 Å². The highest BCUT2D eigenvalue weighted by Crippen LogP contribution is 2.45. The first-order valence-corrected chi connectivity index (χ1v) is 7.34. The lowest BCUT2D eigenvalue weighted by atomic mass is 10.1. The number of rotatable bonds is 4. The highest BCUT2D eigenvalue weighted by molar-refractivity contribution is 8.00. The molecule has 0 saturated carbocycles. The van der Waals surface area contributed by atoms with E-state index >= 15 is 0 Å². The van der Waals surface area contributed by atoms with Gasteiger partial charge in [-0.15, -0.1) is 11.8 Å². The molecule has 1 aromatic rings. The van der Waals surface area contributed by atoms with E-state index in [1.165, 1.54) is 16.1 Å². The number of thioether (sulfide) groups is 1. The van der Waals surface area contributed by atoms with Gasteiger partial charge in [-0.25, -0.2) is 0 Å². The van der Waals surface area contributed by atoms with Crippen molar-refractivity contribution >= 4 is 17.4 Å². The van der Waals surface area contributed by atoms with E-state index in [1.807, 2.05) is 11.8 Å². The minimum Gasteiger partial charge on any atom is -0.495 e. The summed E-state index contributed by atoms with van der Waals surface area (Å²) >= 11 is 1.95. The van der Waals surface area contributed by atoms with Crippen molar-refractivity contribution in [2.45, 2.75) is 30.4 Å². The second kappa shape index (κ2) is 5.85. The fraction of sp³-hybridized carbons (Fsp3) is 0.571. The number of anilines is 1. The topological polar surface area (TPSA) is 38.5 Å². The predicted octanol–water partition coefficient (Wildman–Crippen LogP) is 2.65. The number of nitrogens with zero attached hydrogens (tertiary/aromatic N) is 1. The van der Waals surface area contributed by atoms with Crippen molar-refractivity contribution in [3.8, 4) is 5.75 Å². The van der Waals surface area contributed by atoms with Crippen LogP contribution in [0.5, 0.6) is 5.75 Å². The van der Waals surface area contributed by atoms with Crippen molar-refractivity contribution < 1.29 is 4.74 Å². The molecule has 0 saturated heterocycles. The van der Waals surface area contributed by atoms with E-state index < -0.39 is 0 Å². The summed E-state index contributed by atoms with van der Waals surface area (Å²) < 4.78 is 5.53. The molecule has 0 fully saturated rings. The molecule has 18 heavy (non-hydrogen) atoms. The van der Waals surface area contributed by atoms with Crippen LogP contribution in [0.4, 0.5) is 5.69 Å². The molecule has 0 spiro atoms. The summed E-state index contributed by atoms with van der Waals surface area (Å²) in [7, 11) is 1.74. The van der Waals surface area contributed by atoms with Gasteiger partial charge in [0.15, 0.2) is 0 Å². The van der Waals surface area contributed by atoms with Crippen LogP contribution in [0.2, 0.25) is 0 Å². The average Bonchev–Trinajstić information content (AvgIpc) is 2.37. The summed E-state index contributed by atoms with van der Waals surface area (Å²) in [5, 5.41) is 0.612. The van der Waals surface area contributed by atoms with Gasteiger partial charge in [-0.3, -0.25) is 0 Å². The molecule has 1 aromatic carbocycles. The minimum atomic E-state index is 0.612. The Labute approximate surface area is 114 Å². The molecule has 0 aromatic heterocycles. The Kier molecular flexibility index (Phi) is 4.40. The van der Waals surface area contributed by atoms with Crippen LogP contribution in [0.3, 0.4) is 0 Å². The first-order valence-electron chi connectivity index (χ1n) is 6.46. The summed E-state index contributed by atoms with van der Waals surface area (Å²) in [6, 6.07) is 4.21. The number of nitrogens with two attached hydrogens (primary N) is 1. The van der Waals surface area contributed by atoms with Crippen molar-refractivity contribution in [2.24, 2.45) is 5.73 Å². The van der Waals surface area contributed by atoms with Gasteiger partial charge in [0, 0.05) is 23.2 Å². The zero-order valence-electron chi connectivity index (χ0n) is 11.4. The highest BCUT2D eigenvalue weighted by atomic mass is 32.2. The van der Waals surface area contributed by atoms with Gasteiger partial charge in [0.1, 0.15) is 5.75 Å². The molecule has 1 heterocycles. The van der Waals surface area contributed by atoms with Crippen molar-refractivity contribution in [1.29, 1.82) is 0 Å². The Bertz CT molecular complexity index is 423. The van der Waals surface area contributed by atoms with Crippen LogP contribution < -0.4 is 15.4 Å². The smallest absolute Gasteiger partial charge is 0.143 e. The van der Waals surface area contributed by atoms with Gasteiger partial charge in [-0.2, -0.15) is 0 Å². The molecule has 4 heteroatoms. The van der Waals surface area contributed by atoms with Gasteiger partial charge in [-0.1, -0.05) is 13.0 Å². The molecule has 0 aliphatic carbocycles. The number of aryl methyl sites for hydroxylation is 1. The van der Waals surface area contributed by atoms with Gasteiger partial charge < -0.3 is 15.4 Å². The maximum Gasteiger partial charge on any atom is 0.143 e. The van der Waals surface area contributed by atoms with Gasteiger partial charge in [-0.05, 0) is 31.5 Å². The van der Waals surface area contributed by atoms with Crippen LogP contribution in [0, 0.1) is 6.92 Å². The highest BCUT2D eigenvalue weighted by Gasteiger charge is 2.26. The average molecular weight is 266 g/mol. The molecule has 3 nitrogen and oxygen atoms in total. The zero-order valence-corrected chi connectivity index (χ0v) is 12.2. The second-order valence-corrected chi connectivity index (χ2v) is 6.23. The van der Waals surface area contributed by atoms with Gasteiger partial charge in [0.05, 0.1) is 12.8 Å². The van der Waals surface area contributed by atoms with E-state index in [9.17, 15) is 0 Å². The molecule has 0 bridgehead atoms. The van der Waals surface area contributed by atoms with Gasteiger partial charge in [0.25, 0.3) is 0 Å². The Morgan fingerprint density at radius 2 is 2.28 bits per heavy atom. The second-order valence-electron chi connectivity index (χ2n) is 4.78. The number of hydrogen-bond donors (Lipinski definition) is 1. The zero-order chi connectivity index (χ0) is 13.1. The van der Waals surface area contributed by atoms with E-state index in [1.54, 1.807) is 7.11 Å². The largest absolute Gasteiger partial charge is 0.495 e. The summed E-state index contributed by atoms with van der Waals surface area (Å²) in [4.78, 5) is 3.79. The quantitative estimate of drug-likeness (QED) is 0.909. The molecule has 1 aliphatic rings. The lowest BCUT2D eigenvalue weighted by Crippen LogP contribution is -2.35. The van der Waals surface area contributed by atoms with Crippen LogP contribution in [0.25, 0.3) is 0 Å². The number of ether oxygens (including phenoxy) is 1. The van der Waals surface area contributed by atoms with E-state index in [4.69, 9.17) is 10.5 Å². The third kappa shape index (κ3) is 2.59. The SMILES string of the molecule is COc1ccc(C)c2c1N(CCCN)CC(C)S2. The lowest BCUT2D eigenvalue weighted by Gasteiger charge is -2.36. The summed E-state index contributed by atoms with van der Waals surface area (Å²) in [5.74, 6) is 0.979. The Morgan fingerprint density at radius 3 is 2.94 bits per heavy atom. The van der Waals surface area contributed by atoms with Crippen LogP contribution in [-0.2, 0) is 0 Å². The van der Waals surface area contributed by atoms with Crippen molar-refractivity contribution in [3.63, 3.8) is 0 Å². The standard InChI is InChI=1S/C14H22N2OS/c1-10-5-6-12(17-3)13-14(10)18-11(2)9-16(13)8-4-7-15/h5-6,11H,4,7-9,15H2,1-3H3. The normalized spacial score (nSPS) is 18.7. The van der Waals surface area contributed by atoms with E-state index in [-0.39, 0.29) is 0 Å². The summed E-state index contributed by atoms with van der Waals surface area (Å²) in [5.41, 5.74) is 8.23. The summed E-state index contributed by atoms with van der Waals surface area (Å²) in [6.07, 6.45) is 1.02. The van der Waals surface area contributed by atoms with Crippen LogP contribution >= 0.6 is 11.8 Å². The van der Waals surface area contributed by atoms with E-state index in [0.29, 0.717) is 5.25 Å². The number of benzene rings is 1. The Balaban J connectivity index is 2.40. The fourth-order valence-corrected chi connectivity index (χ4v) is 3.64. The predicted molar refractivity (Wildman–Crippen MR) is 78.9 cm³/mol. The molecule has 1 unspecified atom stereocenters. The summed E-state index contributed by atoms with van der Waals surface area (Å²) in [6.45, 7) is 7.26. The maximum absolute atomic E-state index is 5.64. The molecule has 1 aliphatic heterocycles. The van der Waals surface area contributed by atoms with Crippen LogP contribution in [0.1, 0.15) is 18.9 Å². The monoisotopic (exact) mass is 266 g/mol. The van der Waals surface area contributed by atoms with Crippen LogP contribution in [0.15, 0.2) is 17.0 Å². The Hall–Kier alpha value is -0.870. The lowest BCUT2D eigenvalue weighted by molar-refractivity contribution is 0.412. The molecule has 1 atom stereocenters. The van der Waals surface area contributed by atoms with Gasteiger partial charge in [0.2, 0.25) is 0 Å². The molecular formula is C14H22N2OS. The van der Waals surface area contributed by atoms with E-state index in [2.05, 4.69) is 30.9 Å². The first kappa shape index (κ1) is 13.6. The number of hydrogen-bond acceptors (Lipinski definition) is 4. The molecule has 2 rings (SSSR count). The molecule has 0 radical (unpaired) electrons. The van der Waals surface area contributed by atoms with Crippen molar-refractivity contribution in [1.82, 2.24) is 0 Å². The molecule has 0 amide bonds. The van der Waals surface area contributed by atoms with Gasteiger partial charge >= 0.3 is 0 Å². The maximum atomic E-state index is 5.64. The van der Waals surface area contributed by atoms with E-state index in [0.717, 1.165) is 31.8 Å². The third-order valence-corrected chi connectivity index (χ3v) is 4.56. The third-order valence-electron chi connectivity index (χ3n) is 3.26. The molecule has 2 N–H and O–H groups in total. The minimum absolute atomic E-state index is 0.612. The first-order chi connectivity index (χ1) is 8.67. The molecular weight excluding hydrogens is 244 g/mol. The Morgan fingerprint density at radius 1 is 1.50 bits per heavy atom. The van der Waals surface area contributed by atoms with Crippen molar-refractivity contribution in [3.05, 3.63) is 17.7 Å². The number of methoxy groups -OCH3 is 1. The fourth-order valence-electron chi connectivity index (χ4n) is 2.39.